The van der Waals surface area contributed by atoms with Gasteiger partial charge in [-0.3, -0.25) is 4.72 Å². The van der Waals surface area contributed by atoms with Crippen LogP contribution >= 0.6 is 15.9 Å². The van der Waals surface area contributed by atoms with Crippen molar-refractivity contribution in [3.63, 3.8) is 0 Å². The summed E-state index contributed by atoms with van der Waals surface area (Å²) < 4.78 is 40.2. The van der Waals surface area contributed by atoms with Crippen LogP contribution in [0.4, 0.5) is 10.2 Å². The van der Waals surface area contributed by atoms with Crippen LogP contribution in [0.5, 0.6) is 0 Å². The standard InChI is InChI=1S/C15H16BrFN2O2S/c1-15(2,3)10-4-6-12(7-5-10)22(20,21)19-14-13(16)8-11(17)9-18-14/h4-9H,1-3H3,(H,18,19). The minimum atomic E-state index is -3.78. The second-order valence-electron chi connectivity index (χ2n) is 5.86. The van der Waals surface area contributed by atoms with Gasteiger partial charge in [0.25, 0.3) is 10.0 Å². The molecule has 118 valence electrons. The van der Waals surface area contributed by atoms with Crippen molar-refractivity contribution in [2.75, 3.05) is 4.72 Å². The molecule has 7 heteroatoms. The van der Waals surface area contributed by atoms with Gasteiger partial charge in [-0.05, 0) is 45.1 Å². The van der Waals surface area contributed by atoms with Crippen molar-refractivity contribution in [3.05, 3.63) is 52.4 Å². The third kappa shape index (κ3) is 3.84. The molecule has 0 spiro atoms. The smallest absolute Gasteiger partial charge is 0.262 e. The molecular weight excluding hydrogens is 371 g/mol. The minimum Gasteiger partial charge on any atom is -0.262 e. The van der Waals surface area contributed by atoms with Gasteiger partial charge in [-0.25, -0.2) is 17.8 Å². The van der Waals surface area contributed by atoms with Crippen molar-refractivity contribution in [2.24, 2.45) is 0 Å². The van der Waals surface area contributed by atoms with E-state index in [1.54, 1.807) is 24.3 Å². The number of benzene rings is 1. The number of halogens is 2. The fraction of sp³-hybridized carbons (Fsp3) is 0.267. The van der Waals surface area contributed by atoms with Crippen LogP contribution in [-0.2, 0) is 15.4 Å². The number of rotatable bonds is 3. The molecule has 22 heavy (non-hydrogen) atoms. The number of aromatic nitrogens is 1. The van der Waals surface area contributed by atoms with Crippen LogP contribution in [0.25, 0.3) is 0 Å². The first-order valence-corrected chi connectivity index (χ1v) is 8.81. The molecule has 0 aliphatic carbocycles. The Labute approximate surface area is 138 Å². The SMILES string of the molecule is CC(C)(C)c1ccc(S(=O)(=O)Nc2ncc(F)cc2Br)cc1. The number of pyridine rings is 1. The Morgan fingerprint density at radius 1 is 1.18 bits per heavy atom. The molecule has 0 aliphatic heterocycles. The van der Waals surface area contributed by atoms with Crippen LogP contribution < -0.4 is 4.72 Å². The van der Waals surface area contributed by atoms with E-state index in [0.717, 1.165) is 17.8 Å². The normalized spacial score (nSPS) is 12.2. The van der Waals surface area contributed by atoms with Gasteiger partial charge in [0.2, 0.25) is 0 Å². The lowest BCUT2D eigenvalue weighted by atomic mass is 9.87. The number of anilines is 1. The van der Waals surface area contributed by atoms with Crippen molar-refractivity contribution in [2.45, 2.75) is 31.1 Å². The van der Waals surface area contributed by atoms with Gasteiger partial charge >= 0.3 is 0 Å². The van der Waals surface area contributed by atoms with Gasteiger partial charge in [-0.1, -0.05) is 32.9 Å². The Morgan fingerprint density at radius 3 is 2.27 bits per heavy atom. The molecule has 0 saturated carbocycles. The summed E-state index contributed by atoms with van der Waals surface area (Å²) in [7, 11) is -3.78. The highest BCUT2D eigenvalue weighted by Crippen LogP contribution is 2.26. The number of nitrogens with one attached hydrogen (secondary N) is 1. The zero-order valence-electron chi connectivity index (χ0n) is 12.4. The fourth-order valence-corrected chi connectivity index (χ4v) is 3.39. The summed E-state index contributed by atoms with van der Waals surface area (Å²) >= 11 is 3.08. The van der Waals surface area contributed by atoms with E-state index in [9.17, 15) is 12.8 Å². The van der Waals surface area contributed by atoms with Crippen molar-refractivity contribution in [1.82, 2.24) is 4.98 Å². The molecule has 1 aromatic carbocycles. The van der Waals surface area contributed by atoms with Gasteiger partial charge in [0.05, 0.1) is 15.6 Å². The van der Waals surface area contributed by atoms with Crippen molar-refractivity contribution in [1.29, 1.82) is 0 Å². The topological polar surface area (TPSA) is 59.1 Å². The summed E-state index contributed by atoms with van der Waals surface area (Å²) in [5.41, 5.74) is 0.976. The largest absolute Gasteiger partial charge is 0.263 e. The number of hydrogen-bond acceptors (Lipinski definition) is 3. The van der Waals surface area contributed by atoms with E-state index in [1.165, 1.54) is 0 Å². The first kappa shape index (κ1) is 16.9. The van der Waals surface area contributed by atoms with Crippen LogP contribution in [0.1, 0.15) is 26.3 Å². The van der Waals surface area contributed by atoms with Crippen LogP contribution in [0.2, 0.25) is 0 Å². The zero-order chi connectivity index (χ0) is 16.5. The molecule has 2 rings (SSSR count). The predicted octanol–water partition coefficient (Wildman–Crippen LogP) is 4.08. The van der Waals surface area contributed by atoms with E-state index in [4.69, 9.17) is 0 Å². The Bertz CT molecular complexity index is 784. The molecule has 1 heterocycles. The summed E-state index contributed by atoms with van der Waals surface area (Å²) in [6, 6.07) is 7.79. The summed E-state index contributed by atoms with van der Waals surface area (Å²) in [5, 5.41) is 0. The molecule has 0 fully saturated rings. The summed E-state index contributed by atoms with van der Waals surface area (Å²) in [6.45, 7) is 6.15. The first-order valence-electron chi connectivity index (χ1n) is 6.54. The maximum atomic E-state index is 13.0. The predicted molar refractivity (Wildman–Crippen MR) is 87.8 cm³/mol. The maximum Gasteiger partial charge on any atom is 0.263 e. The molecular formula is C15H16BrFN2O2S. The average molecular weight is 387 g/mol. The second kappa shape index (κ2) is 5.96. The van der Waals surface area contributed by atoms with E-state index in [-0.39, 0.29) is 20.6 Å². The summed E-state index contributed by atoms with van der Waals surface area (Å²) in [4.78, 5) is 3.86. The Balaban J connectivity index is 2.31. The lowest BCUT2D eigenvalue weighted by Gasteiger charge is -2.19. The van der Waals surface area contributed by atoms with Crippen LogP contribution in [0, 0.1) is 5.82 Å². The van der Waals surface area contributed by atoms with E-state index in [2.05, 4.69) is 25.6 Å². The third-order valence-corrected chi connectivity index (χ3v) is 5.03. The Morgan fingerprint density at radius 2 is 1.77 bits per heavy atom. The van der Waals surface area contributed by atoms with Gasteiger partial charge in [-0.15, -0.1) is 0 Å². The quantitative estimate of drug-likeness (QED) is 0.864. The molecule has 0 unspecified atom stereocenters. The first-order chi connectivity index (χ1) is 10.1. The molecule has 1 N–H and O–H groups in total. The van der Waals surface area contributed by atoms with Crippen molar-refractivity contribution >= 4 is 31.8 Å². The second-order valence-corrected chi connectivity index (χ2v) is 8.40. The van der Waals surface area contributed by atoms with Gasteiger partial charge in [0, 0.05) is 0 Å². The van der Waals surface area contributed by atoms with Crippen molar-refractivity contribution < 1.29 is 12.8 Å². The third-order valence-electron chi connectivity index (χ3n) is 3.07. The van der Waals surface area contributed by atoms with Gasteiger partial charge in [0.1, 0.15) is 5.82 Å². The number of hydrogen-bond donors (Lipinski definition) is 1. The van der Waals surface area contributed by atoms with Crippen LogP contribution in [0.3, 0.4) is 0 Å². The summed E-state index contributed by atoms with van der Waals surface area (Å²) in [6.07, 6.45) is 0.950. The highest BCUT2D eigenvalue weighted by Gasteiger charge is 2.19. The van der Waals surface area contributed by atoms with Gasteiger partial charge < -0.3 is 0 Å². The fourth-order valence-electron chi connectivity index (χ4n) is 1.81. The molecule has 0 radical (unpaired) electrons. The van der Waals surface area contributed by atoms with E-state index in [1.807, 2.05) is 20.8 Å². The number of sulfonamides is 1. The van der Waals surface area contributed by atoms with Gasteiger partial charge in [-0.2, -0.15) is 0 Å². The number of nitrogens with zero attached hydrogens (tertiary/aromatic N) is 1. The van der Waals surface area contributed by atoms with Crippen LogP contribution in [-0.4, -0.2) is 13.4 Å². The Kier molecular flexibility index (Phi) is 4.58. The molecule has 0 aliphatic rings. The van der Waals surface area contributed by atoms with E-state index in [0.29, 0.717) is 0 Å². The van der Waals surface area contributed by atoms with E-state index >= 15 is 0 Å². The molecule has 0 bridgehead atoms. The molecule has 0 atom stereocenters. The molecule has 0 saturated heterocycles. The minimum absolute atomic E-state index is 0.0429. The monoisotopic (exact) mass is 386 g/mol. The van der Waals surface area contributed by atoms with Crippen molar-refractivity contribution in [3.8, 4) is 0 Å². The highest BCUT2D eigenvalue weighted by molar-refractivity contribution is 9.10. The lowest BCUT2D eigenvalue weighted by molar-refractivity contribution is 0.587. The average Bonchev–Trinajstić information content (AvgIpc) is 2.41. The molecule has 4 nitrogen and oxygen atoms in total. The molecule has 0 amide bonds. The maximum absolute atomic E-state index is 13.0. The Hall–Kier alpha value is -1.47. The molecule has 1 aromatic heterocycles. The lowest BCUT2D eigenvalue weighted by Crippen LogP contribution is -2.16. The zero-order valence-corrected chi connectivity index (χ0v) is 14.8. The summed E-state index contributed by atoms with van der Waals surface area (Å²) in [5.74, 6) is -0.509. The van der Waals surface area contributed by atoms with Crippen LogP contribution in [0.15, 0.2) is 45.9 Å². The molecule has 2 aromatic rings. The highest BCUT2D eigenvalue weighted by atomic mass is 79.9. The van der Waals surface area contributed by atoms with Gasteiger partial charge in [0.15, 0.2) is 5.82 Å². The van der Waals surface area contributed by atoms with E-state index < -0.39 is 15.8 Å².